The molecule has 148 valence electrons. The summed E-state index contributed by atoms with van der Waals surface area (Å²) in [6, 6.07) is 0. The van der Waals surface area contributed by atoms with Crippen molar-refractivity contribution in [3.8, 4) is 0 Å². The fraction of sp³-hybridized carbons (Fsp3) is 0.812. The molecule has 26 heavy (non-hydrogen) atoms. The number of ether oxygens (including phenoxy) is 2. The van der Waals surface area contributed by atoms with Gasteiger partial charge in [0.25, 0.3) is 0 Å². The molecule has 0 unspecified atom stereocenters. The number of morpholine rings is 2. The summed E-state index contributed by atoms with van der Waals surface area (Å²) < 4.78 is 10.8. The number of anilines is 2. The Balaban J connectivity index is 0.00000243. The molecular formula is C16H30ClN7O2. The van der Waals surface area contributed by atoms with Crippen LogP contribution in [0.1, 0.15) is 13.3 Å². The second kappa shape index (κ2) is 11.5. The molecule has 0 bridgehead atoms. The quantitative estimate of drug-likeness (QED) is 0.437. The van der Waals surface area contributed by atoms with Gasteiger partial charge in [-0.15, -0.1) is 9.97 Å². The van der Waals surface area contributed by atoms with E-state index in [2.05, 4.69) is 35.4 Å². The first-order valence-electron chi connectivity index (χ1n) is 9.31. The van der Waals surface area contributed by atoms with Gasteiger partial charge in [0.2, 0.25) is 11.9 Å². The zero-order valence-corrected chi connectivity index (χ0v) is 16.2. The number of nitrogens with zero attached hydrogens (tertiary/aromatic N) is 5. The van der Waals surface area contributed by atoms with E-state index < -0.39 is 0 Å². The first-order valence-corrected chi connectivity index (χ1v) is 9.31. The molecular weight excluding hydrogens is 358 g/mol. The third kappa shape index (κ3) is 6.48. The third-order valence-corrected chi connectivity index (χ3v) is 4.38. The second-order valence-corrected chi connectivity index (χ2v) is 6.25. The molecule has 2 aliphatic rings. The van der Waals surface area contributed by atoms with Gasteiger partial charge in [0.1, 0.15) is 0 Å². The van der Waals surface area contributed by atoms with Crippen molar-refractivity contribution in [1.29, 1.82) is 0 Å². The molecule has 9 nitrogen and oxygen atoms in total. The van der Waals surface area contributed by atoms with Crippen LogP contribution in [0.5, 0.6) is 0 Å². The molecule has 0 saturated carbocycles. The number of hydrogen-bond donors (Lipinski definition) is 2. The van der Waals surface area contributed by atoms with E-state index in [4.69, 9.17) is 9.47 Å². The second-order valence-electron chi connectivity index (χ2n) is 6.25. The molecule has 0 amide bonds. The van der Waals surface area contributed by atoms with Crippen molar-refractivity contribution in [2.75, 3.05) is 82.5 Å². The first-order chi connectivity index (χ1) is 12.3. The summed E-state index contributed by atoms with van der Waals surface area (Å²) in [6.07, 6.45) is 1.11. The molecule has 1 aromatic heterocycles. The molecule has 2 fully saturated rings. The Bertz CT molecular complexity index is 525. The molecule has 0 aliphatic carbocycles. The third-order valence-electron chi connectivity index (χ3n) is 4.38. The van der Waals surface area contributed by atoms with Crippen molar-refractivity contribution < 1.29 is 27.2 Å². The Labute approximate surface area is 161 Å². The minimum atomic E-state index is 0. The molecule has 0 radical (unpaired) electrons. The maximum absolute atomic E-state index is 5.42. The standard InChI is InChI=1S/C16H29N7O2.ClH/c1-2-17-14-19-15(18-4-3-5-22-6-10-24-11-7-22)21-16(20-14)23-8-12-25-13-9-23;/h2-13H2,1H3,(H2,17,18,19,20,21);1H. The number of aromatic nitrogens is 3. The van der Waals surface area contributed by atoms with Crippen LogP contribution >= 0.6 is 0 Å². The SMILES string of the molecule is CCNc1nc([NH2+]CCCN2CCOCC2)nc(N2CCOCC2)n1.[Cl-]. The summed E-state index contributed by atoms with van der Waals surface area (Å²) in [5, 5.41) is 5.33. The maximum atomic E-state index is 5.42. The molecule has 0 aromatic carbocycles. The average molecular weight is 388 g/mol. The van der Waals surface area contributed by atoms with E-state index in [0.29, 0.717) is 5.95 Å². The fourth-order valence-electron chi connectivity index (χ4n) is 2.98. The molecule has 2 aliphatic heterocycles. The highest BCUT2D eigenvalue weighted by Crippen LogP contribution is 2.13. The molecule has 0 atom stereocenters. The Morgan fingerprint density at radius 3 is 2.38 bits per heavy atom. The highest BCUT2D eigenvalue weighted by molar-refractivity contribution is 5.39. The summed E-state index contributed by atoms with van der Waals surface area (Å²) >= 11 is 0. The van der Waals surface area contributed by atoms with Crippen molar-refractivity contribution in [3.63, 3.8) is 0 Å². The van der Waals surface area contributed by atoms with Gasteiger partial charge in [-0.25, -0.2) is 0 Å². The van der Waals surface area contributed by atoms with Gasteiger partial charge in [-0.1, -0.05) is 0 Å². The lowest BCUT2D eigenvalue weighted by Crippen LogP contribution is -3.00. The minimum Gasteiger partial charge on any atom is -1.00 e. The van der Waals surface area contributed by atoms with E-state index in [9.17, 15) is 0 Å². The number of rotatable bonds is 8. The van der Waals surface area contributed by atoms with E-state index in [1.807, 2.05) is 6.92 Å². The van der Waals surface area contributed by atoms with Crippen LogP contribution in [0.25, 0.3) is 0 Å². The van der Waals surface area contributed by atoms with Crippen LogP contribution in [-0.4, -0.2) is 92.1 Å². The summed E-state index contributed by atoms with van der Waals surface area (Å²) in [6.45, 7) is 11.8. The van der Waals surface area contributed by atoms with Crippen molar-refractivity contribution >= 4 is 17.8 Å². The molecule has 3 heterocycles. The molecule has 3 rings (SSSR count). The van der Waals surface area contributed by atoms with Crippen LogP contribution in [0.4, 0.5) is 17.8 Å². The van der Waals surface area contributed by atoms with Gasteiger partial charge in [-0.05, 0) is 6.92 Å². The van der Waals surface area contributed by atoms with Gasteiger partial charge in [0.05, 0.1) is 33.0 Å². The van der Waals surface area contributed by atoms with Crippen molar-refractivity contribution in [3.05, 3.63) is 0 Å². The van der Waals surface area contributed by atoms with Crippen LogP contribution in [0.2, 0.25) is 0 Å². The predicted octanol–water partition coefficient (Wildman–Crippen LogP) is -3.94. The van der Waals surface area contributed by atoms with E-state index in [1.54, 1.807) is 0 Å². The fourth-order valence-corrected chi connectivity index (χ4v) is 2.98. The smallest absolute Gasteiger partial charge is 0.332 e. The monoisotopic (exact) mass is 387 g/mol. The van der Waals surface area contributed by atoms with E-state index in [0.717, 1.165) is 90.6 Å². The van der Waals surface area contributed by atoms with Crippen molar-refractivity contribution in [1.82, 2.24) is 19.9 Å². The Morgan fingerprint density at radius 1 is 1.00 bits per heavy atom. The van der Waals surface area contributed by atoms with Crippen molar-refractivity contribution in [2.45, 2.75) is 13.3 Å². The van der Waals surface area contributed by atoms with Crippen LogP contribution in [0, 0.1) is 0 Å². The lowest BCUT2D eigenvalue weighted by molar-refractivity contribution is -0.579. The van der Waals surface area contributed by atoms with E-state index in [1.165, 1.54) is 0 Å². The number of quaternary nitrogens is 1. The van der Waals surface area contributed by atoms with Crippen LogP contribution in [0.15, 0.2) is 0 Å². The van der Waals surface area contributed by atoms with Gasteiger partial charge < -0.3 is 32.1 Å². The Hall–Kier alpha value is -1.26. The molecule has 3 N–H and O–H groups in total. The van der Waals surface area contributed by atoms with Crippen molar-refractivity contribution in [2.24, 2.45) is 0 Å². The van der Waals surface area contributed by atoms with Crippen LogP contribution < -0.4 is 27.9 Å². The average Bonchev–Trinajstić information content (AvgIpc) is 2.67. The number of nitrogens with one attached hydrogen (secondary N) is 1. The number of nitrogens with two attached hydrogens (primary N) is 1. The number of halogens is 1. The van der Waals surface area contributed by atoms with Gasteiger partial charge >= 0.3 is 5.95 Å². The minimum absolute atomic E-state index is 0. The molecule has 2 saturated heterocycles. The summed E-state index contributed by atoms with van der Waals surface area (Å²) in [4.78, 5) is 18.3. The zero-order chi connectivity index (χ0) is 17.3. The van der Waals surface area contributed by atoms with Crippen LogP contribution in [0.3, 0.4) is 0 Å². The van der Waals surface area contributed by atoms with Crippen LogP contribution in [-0.2, 0) is 9.47 Å². The lowest BCUT2D eigenvalue weighted by atomic mass is 10.3. The van der Waals surface area contributed by atoms with Gasteiger partial charge in [-0.2, -0.15) is 4.98 Å². The summed E-state index contributed by atoms with van der Waals surface area (Å²) in [7, 11) is 0. The molecule has 1 aromatic rings. The highest BCUT2D eigenvalue weighted by atomic mass is 35.5. The highest BCUT2D eigenvalue weighted by Gasteiger charge is 2.18. The van der Waals surface area contributed by atoms with Gasteiger partial charge in [0, 0.05) is 45.7 Å². The summed E-state index contributed by atoms with van der Waals surface area (Å²) in [5.74, 6) is 2.15. The largest absolute Gasteiger partial charge is 1.00 e. The van der Waals surface area contributed by atoms with Gasteiger partial charge in [0.15, 0.2) is 0 Å². The normalized spacial score (nSPS) is 18.4. The molecule has 10 heteroatoms. The lowest BCUT2D eigenvalue weighted by Gasteiger charge is -2.27. The predicted molar refractivity (Wildman–Crippen MR) is 95.4 cm³/mol. The van der Waals surface area contributed by atoms with Gasteiger partial charge in [-0.3, -0.25) is 10.2 Å². The number of hydrogen-bond acceptors (Lipinski definition) is 8. The van der Waals surface area contributed by atoms with E-state index >= 15 is 0 Å². The first kappa shape index (κ1) is 21.0. The Kier molecular flexibility index (Phi) is 9.27. The zero-order valence-electron chi connectivity index (χ0n) is 15.5. The topological polar surface area (TPSA) is 92.2 Å². The molecule has 0 spiro atoms. The summed E-state index contributed by atoms with van der Waals surface area (Å²) in [5.41, 5.74) is 0. The maximum Gasteiger partial charge on any atom is 0.332 e. The Morgan fingerprint density at radius 2 is 1.69 bits per heavy atom. The van der Waals surface area contributed by atoms with E-state index in [-0.39, 0.29) is 12.4 Å².